The molecule has 5 rings (SSSR count). The number of nitrogens with zero attached hydrogens (tertiary/aromatic N) is 5. The predicted molar refractivity (Wildman–Crippen MR) is 117 cm³/mol. The molecule has 6 atom stereocenters. The van der Waals surface area contributed by atoms with E-state index < -0.39 is 36.0 Å². The van der Waals surface area contributed by atoms with Crippen LogP contribution in [0.2, 0.25) is 0 Å². The van der Waals surface area contributed by atoms with Gasteiger partial charge in [-0.15, -0.1) is 5.10 Å². The zero-order chi connectivity index (χ0) is 23.3. The molecule has 4 unspecified atom stereocenters. The highest BCUT2D eigenvalue weighted by atomic mass is 32.2. The predicted octanol–water partition coefficient (Wildman–Crippen LogP) is 2.00. The van der Waals surface area contributed by atoms with E-state index in [1.54, 1.807) is 6.07 Å². The minimum absolute atomic E-state index is 0.00820. The molecule has 3 aromatic rings. The number of rotatable bonds is 7. The van der Waals surface area contributed by atoms with Crippen LogP contribution in [0, 0.1) is 11.6 Å². The van der Waals surface area contributed by atoms with E-state index in [2.05, 4.69) is 25.6 Å². The average Bonchev–Trinajstić information content (AvgIpc) is 3.36. The fourth-order valence-corrected chi connectivity index (χ4v) is 4.95. The molecular formula is C21H24F2N6O3S. The maximum absolute atomic E-state index is 13.6. The summed E-state index contributed by atoms with van der Waals surface area (Å²) in [4.78, 5) is 9.17. The van der Waals surface area contributed by atoms with Crippen molar-refractivity contribution in [3.63, 3.8) is 0 Å². The Morgan fingerprint density at radius 3 is 2.64 bits per heavy atom. The summed E-state index contributed by atoms with van der Waals surface area (Å²) in [5, 5.41) is 42.5. The summed E-state index contributed by atoms with van der Waals surface area (Å²) in [5.74, 6) is -0.470. The quantitative estimate of drug-likeness (QED) is 0.298. The molecule has 2 heterocycles. The maximum atomic E-state index is 13.6. The Hall–Kier alpha value is -2.41. The molecule has 2 aliphatic carbocycles. The van der Waals surface area contributed by atoms with Crippen molar-refractivity contribution in [3.05, 3.63) is 35.4 Å². The van der Waals surface area contributed by atoms with E-state index >= 15 is 0 Å². The van der Waals surface area contributed by atoms with Crippen molar-refractivity contribution in [2.24, 2.45) is 0 Å². The van der Waals surface area contributed by atoms with Crippen molar-refractivity contribution in [3.8, 4) is 0 Å². The van der Waals surface area contributed by atoms with Gasteiger partial charge in [-0.2, -0.15) is 0 Å². The molecule has 12 heteroatoms. The summed E-state index contributed by atoms with van der Waals surface area (Å²) in [6.07, 6.45) is -1.78. The number of aromatic nitrogens is 5. The van der Waals surface area contributed by atoms with Crippen molar-refractivity contribution < 1.29 is 24.1 Å². The lowest BCUT2D eigenvalue weighted by molar-refractivity contribution is -0.0253. The van der Waals surface area contributed by atoms with Crippen LogP contribution in [0.15, 0.2) is 23.4 Å². The third-order valence-corrected chi connectivity index (χ3v) is 7.21. The van der Waals surface area contributed by atoms with Crippen LogP contribution in [0.3, 0.4) is 0 Å². The Morgan fingerprint density at radius 2 is 1.94 bits per heavy atom. The van der Waals surface area contributed by atoms with Crippen LogP contribution in [-0.2, 0) is 0 Å². The molecule has 176 valence electrons. The molecule has 2 fully saturated rings. The van der Waals surface area contributed by atoms with Crippen LogP contribution < -0.4 is 5.32 Å². The lowest BCUT2D eigenvalue weighted by Gasteiger charge is -2.16. The largest absolute Gasteiger partial charge is 0.390 e. The van der Waals surface area contributed by atoms with Gasteiger partial charge in [0.05, 0.1) is 12.1 Å². The van der Waals surface area contributed by atoms with Crippen LogP contribution in [-0.4, -0.2) is 70.4 Å². The van der Waals surface area contributed by atoms with E-state index in [-0.39, 0.29) is 18.4 Å². The third-order valence-electron chi connectivity index (χ3n) is 6.16. The summed E-state index contributed by atoms with van der Waals surface area (Å²) >= 11 is 1.47. The molecular weight excluding hydrogens is 454 g/mol. The van der Waals surface area contributed by atoms with Crippen LogP contribution in [0.4, 0.5) is 14.6 Å². The normalized spacial score (nSPS) is 29.0. The minimum Gasteiger partial charge on any atom is -0.390 e. The number of thioether (sulfide) groups is 1. The first-order chi connectivity index (χ1) is 15.9. The fraction of sp³-hybridized carbons (Fsp3) is 0.524. The molecule has 9 nitrogen and oxygen atoms in total. The second-order valence-corrected chi connectivity index (χ2v) is 9.59. The monoisotopic (exact) mass is 478 g/mol. The molecule has 2 saturated carbocycles. The molecule has 33 heavy (non-hydrogen) atoms. The van der Waals surface area contributed by atoms with Crippen molar-refractivity contribution in [2.45, 2.75) is 67.7 Å². The summed E-state index contributed by atoms with van der Waals surface area (Å²) in [6.45, 7) is 2.05. The molecule has 0 bridgehead atoms. The number of aliphatic hydroxyl groups excluding tert-OH is 3. The van der Waals surface area contributed by atoms with Crippen molar-refractivity contribution >= 4 is 28.7 Å². The zero-order valence-corrected chi connectivity index (χ0v) is 18.6. The summed E-state index contributed by atoms with van der Waals surface area (Å²) in [7, 11) is 0. The molecule has 2 aromatic heterocycles. The molecule has 0 saturated heterocycles. The highest BCUT2D eigenvalue weighted by Gasteiger charge is 2.44. The van der Waals surface area contributed by atoms with Crippen molar-refractivity contribution in [1.29, 1.82) is 0 Å². The smallest absolute Gasteiger partial charge is 0.191 e. The molecule has 1 aromatic carbocycles. The van der Waals surface area contributed by atoms with Gasteiger partial charge in [0, 0.05) is 24.1 Å². The van der Waals surface area contributed by atoms with Crippen molar-refractivity contribution in [1.82, 2.24) is 25.0 Å². The lowest BCUT2D eigenvalue weighted by Crippen LogP contribution is -2.31. The molecule has 0 radical (unpaired) electrons. The van der Waals surface area contributed by atoms with Crippen LogP contribution >= 0.6 is 11.8 Å². The first-order valence-electron chi connectivity index (χ1n) is 10.9. The van der Waals surface area contributed by atoms with E-state index in [9.17, 15) is 24.1 Å². The van der Waals surface area contributed by atoms with Gasteiger partial charge in [0.1, 0.15) is 12.2 Å². The number of hydrogen-bond donors (Lipinski definition) is 4. The Balaban J connectivity index is 1.45. The van der Waals surface area contributed by atoms with Gasteiger partial charge in [-0.1, -0.05) is 30.0 Å². The van der Waals surface area contributed by atoms with E-state index in [0.29, 0.717) is 27.7 Å². The van der Waals surface area contributed by atoms with Gasteiger partial charge >= 0.3 is 0 Å². The summed E-state index contributed by atoms with van der Waals surface area (Å²) in [5.41, 5.74) is 1.49. The first kappa shape index (κ1) is 22.4. The Labute approximate surface area is 192 Å². The van der Waals surface area contributed by atoms with Gasteiger partial charge in [0.25, 0.3) is 0 Å². The highest BCUT2D eigenvalue weighted by molar-refractivity contribution is 7.99. The second kappa shape index (κ2) is 8.75. The van der Waals surface area contributed by atoms with Gasteiger partial charge < -0.3 is 20.6 Å². The van der Waals surface area contributed by atoms with Gasteiger partial charge in [-0.3, -0.25) is 0 Å². The molecule has 0 amide bonds. The van der Waals surface area contributed by atoms with E-state index in [1.807, 2.05) is 6.92 Å². The summed E-state index contributed by atoms with van der Waals surface area (Å²) in [6, 6.07) is 3.21. The van der Waals surface area contributed by atoms with Crippen LogP contribution in [0.5, 0.6) is 0 Å². The Bertz CT molecular complexity index is 1180. The third kappa shape index (κ3) is 4.16. The van der Waals surface area contributed by atoms with Crippen LogP contribution in [0.1, 0.15) is 43.7 Å². The molecule has 4 N–H and O–H groups in total. The molecule has 0 spiro atoms. The Kier molecular flexibility index (Phi) is 5.93. The number of aliphatic hydroxyl groups is 3. The molecule has 2 aliphatic rings. The van der Waals surface area contributed by atoms with E-state index in [0.717, 1.165) is 24.7 Å². The molecule has 0 aliphatic heterocycles. The van der Waals surface area contributed by atoms with Gasteiger partial charge in [0.2, 0.25) is 0 Å². The standard InChI is InChI=1S/C21H24F2N6O3S/c1-2-5-33-21-25-19(24-13-7-10(13)9-3-4-11(22)12(23)6-9)16-20(26-21)29(28-27-16)14-8-15(30)18(32)17(14)31/h3-4,6,10,13-15,17-18,30-32H,2,5,7-8H2,1H3,(H,24,25,26)/t10-,13+,14?,15?,17?,18?/m0/s1. The number of nitrogens with one attached hydrogen (secondary N) is 1. The lowest BCUT2D eigenvalue weighted by atomic mass is 10.1. The number of benzene rings is 1. The average molecular weight is 479 g/mol. The van der Waals surface area contributed by atoms with Gasteiger partial charge in [0.15, 0.2) is 33.8 Å². The Morgan fingerprint density at radius 1 is 1.12 bits per heavy atom. The zero-order valence-electron chi connectivity index (χ0n) is 17.8. The highest BCUT2D eigenvalue weighted by Crippen LogP contribution is 2.44. The second-order valence-electron chi connectivity index (χ2n) is 8.53. The SMILES string of the molecule is CCCSc1nc(N[C@@H]2C[C@H]2c2ccc(F)c(F)c2)c2nnn(C3CC(O)C(O)C3O)c2n1. The number of halogens is 2. The first-order valence-corrected chi connectivity index (χ1v) is 11.9. The van der Waals surface area contributed by atoms with E-state index in [4.69, 9.17) is 0 Å². The van der Waals surface area contributed by atoms with Crippen molar-refractivity contribution in [2.75, 3.05) is 11.1 Å². The fourth-order valence-electron chi connectivity index (χ4n) is 4.26. The summed E-state index contributed by atoms with van der Waals surface area (Å²) < 4.78 is 28.4. The minimum atomic E-state index is -1.27. The number of fused-ring (bicyclic) bond motifs is 1. The van der Waals surface area contributed by atoms with E-state index in [1.165, 1.54) is 22.5 Å². The topological polar surface area (TPSA) is 129 Å². The number of hydrogen-bond acceptors (Lipinski definition) is 9. The van der Waals surface area contributed by atoms with Crippen LogP contribution in [0.25, 0.3) is 11.2 Å². The maximum Gasteiger partial charge on any atom is 0.191 e. The van der Waals surface area contributed by atoms with Gasteiger partial charge in [-0.25, -0.2) is 23.4 Å². The number of anilines is 1. The van der Waals surface area contributed by atoms with Gasteiger partial charge in [-0.05, 0) is 30.5 Å².